The molecule has 1 saturated heterocycles. The van der Waals surface area contributed by atoms with Crippen LogP contribution in [0.2, 0.25) is 0 Å². The SMILES string of the molecule is CCc1ccc(-c2cnc(CC3CCCCN3)[nH]2)cc1. The van der Waals surface area contributed by atoms with Crippen LogP contribution in [-0.4, -0.2) is 22.6 Å². The summed E-state index contributed by atoms with van der Waals surface area (Å²) in [5, 5.41) is 3.57. The van der Waals surface area contributed by atoms with Crippen LogP contribution in [0.5, 0.6) is 0 Å². The molecule has 0 spiro atoms. The molecule has 0 aliphatic carbocycles. The van der Waals surface area contributed by atoms with Gasteiger partial charge in [-0.25, -0.2) is 4.98 Å². The van der Waals surface area contributed by atoms with Gasteiger partial charge in [0.25, 0.3) is 0 Å². The average Bonchev–Trinajstić information content (AvgIpc) is 2.97. The summed E-state index contributed by atoms with van der Waals surface area (Å²) in [5.41, 5.74) is 3.72. The van der Waals surface area contributed by atoms with E-state index in [1.165, 1.54) is 30.4 Å². The smallest absolute Gasteiger partial charge is 0.108 e. The van der Waals surface area contributed by atoms with Crippen LogP contribution >= 0.6 is 0 Å². The molecular formula is C17H23N3. The van der Waals surface area contributed by atoms with Gasteiger partial charge in [-0.1, -0.05) is 37.6 Å². The van der Waals surface area contributed by atoms with Gasteiger partial charge in [0, 0.05) is 12.5 Å². The zero-order valence-corrected chi connectivity index (χ0v) is 12.2. The third-order valence-corrected chi connectivity index (χ3v) is 4.15. The highest BCUT2D eigenvalue weighted by Gasteiger charge is 2.14. The van der Waals surface area contributed by atoms with Crippen LogP contribution in [0.15, 0.2) is 30.5 Å². The Bertz CT molecular complexity index is 536. The fraction of sp³-hybridized carbons (Fsp3) is 0.471. The summed E-state index contributed by atoms with van der Waals surface area (Å²) in [7, 11) is 0. The molecule has 1 aromatic heterocycles. The van der Waals surface area contributed by atoms with Gasteiger partial charge in [0.05, 0.1) is 11.9 Å². The van der Waals surface area contributed by atoms with Crippen LogP contribution in [0.1, 0.15) is 37.6 Å². The van der Waals surface area contributed by atoms with E-state index in [2.05, 4.69) is 46.5 Å². The van der Waals surface area contributed by atoms with Gasteiger partial charge < -0.3 is 10.3 Å². The molecule has 0 saturated carbocycles. The third kappa shape index (κ3) is 3.10. The minimum Gasteiger partial charge on any atom is -0.342 e. The topological polar surface area (TPSA) is 40.7 Å². The molecule has 2 aromatic rings. The molecule has 2 N–H and O–H groups in total. The highest BCUT2D eigenvalue weighted by atomic mass is 15.0. The molecule has 1 atom stereocenters. The standard InChI is InChI=1S/C17H23N3/c1-2-13-6-8-14(9-7-13)16-12-19-17(20-16)11-15-5-3-4-10-18-15/h6-9,12,15,18H,2-5,10-11H2,1H3,(H,19,20). The number of piperidine rings is 1. The number of hydrogen-bond donors (Lipinski definition) is 2. The van der Waals surface area contributed by atoms with E-state index >= 15 is 0 Å². The van der Waals surface area contributed by atoms with Crippen molar-refractivity contribution in [3.63, 3.8) is 0 Å². The van der Waals surface area contributed by atoms with E-state index in [9.17, 15) is 0 Å². The minimum atomic E-state index is 0.588. The normalized spacial score (nSPS) is 19.1. The number of benzene rings is 1. The maximum atomic E-state index is 4.53. The number of nitrogens with one attached hydrogen (secondary N) is 2. The summed E-state index contributed by atoms with van der Waals surface area (Å²) in [6.45, 7) is 3.33. The van der Waals surface area contributed by atoms with Crippen molar-refractivity contribution in [1.29, 1.82) is 0 Å². The van der Waals surface area contributed by atoms with Crippen molar-refractivity contribution in [2.75, 3.05) is 6.54 Å². The number of hydrogen-bond acceptors (Lipinski definition) is 2. The summed E-state index contributed by atoms with van der Waals surface area (Å²) in [4.78, 5) is 8.00. The second kappa shape index (κ2) is 6.23. The molecule has 1 fully saturated rings. The zero-order chi connectivity index (χ0) is 13.8. The van der Waals surface area contributed by atoms with Gasteiger partial charge >= 0.3 is 0 Å². The lowest BCUT2D eigenvalue weighted by atomic mass is 10.0. The van der Waals surface area contributed by atoms with Crippen molar-refractivity contribution in [1.82, 2.24) is 15.3 Å². The first-order valence-corrected chi connectivity index (χ1v) is 7.71. The molecule has 3 rings (SSSR count). The lowest BCUT2D eigenvalue weighted by Gasteiger charge is -2.22. The molecule has 1 unspecified atom stereocenters. The van der Waals surface area contributed by atoms with Crippen molar-refractivity contribution in [2.24, 2.45) is 0 Å². The van der Waals surface area contributed by atoms with Crippen LogP contribution in [0.3, 0.4) is 0 Å². The van der Waals surface area contributed by atoms with Crippen molar-refractivity contribution in [3.8, 4) is 11.3 Å². The van der Waals surface area contributed by atoms with Crippen molar-refractivity contribution in [3.05, 3.63) is 41.9 Å². The second-order valence-corrected chi connectivity index (χ2v) is 5.64. The fourth-order valence-electron chi connectivity index (χ4n) is 2.86. The molecule has 20 heavy (non-hydrogen) atoms. The molecule has 1 aliphatic rings. The Morgan fingerprint density at radius 2 is 2.05 bits per heavy atom. The average molecular weight is 269 g/mol. The van der Waals surface area contributed by atoms with E-state index in [0.29, 0.717) is 6.04 Å². The van der Waals surface area contributed by atoms with Gasteiger partial charge in [0.1, 0.15) is 5.82 Å². The third-order valence-electron chi connectivity index (χ3n) is 4.15. The largest absolute Gasteiger partial charge is 0.342 e. The van der Waals surface area contributed by atoms with Crippen LogP contribution < -0.4 is 5.32 Å². The Morgan fingerprint density at radius 3 is 2.75 bits per heavy atom. The number of aryl methyl sites for hydroxylation is 1. The predicted molar refractivity (Wildman–Crippen MR) is 82.7 cm³/mol. The van der Waals surface area contributed by atoms with E-state index in [4.69, 9.17) is 0 Å². The van der Waals surface area contributed by atoms with Gasteiger partial charge in [-0.15, -0.1) is 0 Å². The summed E-state index contributed by atoms with van der Waals surface area (Å²) >= 11 is 0. The van der Waals surface area contributed by atoms with E-state index in [1.54, 1.807) is 0 Å². The van der Waals surface area contributed by atoms with Crippen LogP contribution in [-0.2, 0) is 12.8 Å². The van der Waals surface area contributed by atoms with Crippen LogP contribution in [0, 0.1) is 0 Å². The quantitative estimate of drug-likeness (QED) is 0.894. The number of aromatic amines is 1. The van der Waals surface area contributed by atoms with Crippen molar-refractivity contribution >= 4 is 0 Å². The van der Waals surface area contributed by atoms with Gasteiger partial charge in [0.15, 0.2) is 0 Å². The lowest BCUT2D eigenvalue weighted by Crippen LogP contribution is -2.35. The van der Waals surface area contributed by atoms with E-state index in [0.717, 1.165) is 30.9 Å². The first-order chi connectivity index (χ1) is 9.85. The highest BCUT2D eigenvalue weighted by molar-refractivity contribution is 5.58. The molecular weight excluding hydrogens is 246 g/mol. The first-order valence-electron chi connectivity index (χ1n) is 7.71. The molecule has 1 aliphatic heterocycles. The highest BCUT2D eigenvalue weighted by Crippen LogP contribution is 2.19. The summed E-state index contributed by atoms with van der Waals surface area (Å²) in [6, 6.07) is 9.33. The Kier molecular flexibility index (Phi) is 4.16. The van der Waals surface area contributed by atoms with E-state index in [1.807, 2.05) is 6.20 Å². The Morgan fingerprint density at radius 1 is 1.20 bits per heavy atom. The van der Waals surface area contributed by atoms with Crippen molar-refractivity contribution < 1.29 is 0 Å². The van der Waals surface area contributed by atoms with Crippen LogP contribution in [0.25, 0.3) is 11.3 Å². The summed E-state index contributed by atoms with van der Waals surface area (Å²) in [5.74, 6) is 1.10. The Balaban J connectivity index is 1.68. The fourth-order valence-corrected chi connectivity index (χ4v) is 2.86. The maximum absolute atomic E-state index is 4.53. The molecule has 3 heteroatoms. The molecule has 0 bridgehead atoms. The number of imidazole rings is 1. The Labute approximate surface area is 120 Å². The molecule has 0 amide bonds. The number of aromatic nitrogens is 2. The number of nitrogens with zero attached hydrogens (tertiary/aromatic N) is 1. The molecule has 106 valence electrons. The van der Waals surface area contributed by atoms with Gasteiger partial charge in [-0.2, -0.15) is 0 Å². The second-order valence-electron chi connectivity index (χ2n) is 5.64. The predicted octanol–water partition coefficient (Wildman–Crippen LogP) is 3.32. The molecule has 1 aromatic carbocycles. The van der Waals surface area contributed by atoms with Crippen molar-refractivity contribution in [2.45, 2.75) is 45.1 Å². The molecule has 3 nitrogen and oxygen atoms in total. The van der Waals surface area contributed by atoms with Gasteiger partial charge in [-0.3, -0.25) is 0 Å². The summed E-state index contributed by atoms with van der Waals surface area (Å²) < 4.78 is 0. The monoisotopic (exact) mass is 269 g/mol. The number of H-pyrrole nitrogens is 1. The Hall–Kier alpha value is -1.61. The zero-order valence-electron chi connectivity index (χ0n) is 12.2. The lowest BCUT2D eigenvalue weighted by molar-refractivity contribution is 0.395. The van der Waals surface area contributed by atoms with Gasteiger partial charge in [0.2, 0.25) is 0 Å². The molecule has 2 heterocycles. The summed E-state index contributed by atoms with van der Waals surface area (Å²) in [6.07, 6.45) is 7.96. The minimum absolute atomic E-state index is 0.588. The van der Waals surface area contributed by atoms with Crippen LogP contribution in [0.4, 0.5) is 0 Å². The first kappa shape index (κ1) is 13.4. The van der Waals surface area contributed by atoms with E-state index < -0.39 is 0 Å². The maximum Gasteiger partial charge on any atom is 0.108 e. The molecule has 0 radical (unpaired) electrons. The number of rotatable bonds is 4. The van der Waals surface area contributed by atoms with E-state index in [-0.39, 0.29) is 0 Å². The van der Waals surface area contributed by atoms with Gasteiger partial charge in [-0.05, 0) is 36.9 Å².